The Kier molecular flexibility index (Phi) is 8.07. The van der Waals surface area contributed by atoms with Crippen molar-refractivity contribution < 1.29 is 19.0 Å². The number of aromatic nitrogens is 2. The van der Waals surface area contributed by atoms with Crippen LogP contribution in [0.25, 0.3) is 0 Å². The number of aliphatic hydroxyl groups is 1. The van der Waals surface area contributed by atoms with Crippen molar-refractivity contribution in [3.05, 3.63) is 60.5 Å². The van der Waals surface area contributed by atoms with Gasteiger partial charge in [0.25, 0.3) is 5.88 Å². The number of amides is 1. The van der Waals surface area contributed by atoms with E-state index in [-0.39, 0.29) is 24.3 Å². The summed E-state index contributed by atoms with van der Waals surface area (Å²) in [6.45, 7) is 6.14. The minimum absolute atomic E-state index is 0.129. The third-order valence-corrected chi connectivity index (χ3v) is 5.62. The number of hydrogen-bond acceptors (Lipinski definition) is 8. The number of ether oxygens (including phenoxy) is 1. The van der Waals surface area contributed by atoms with Gasteiger partial charge in [-0.15, -0.1) is 0 Å². The summed E-state index contributed by atoms with van der Waals surface area (Å²) in [6.07, 6.45) is 1.40. The molecule has 10 heteroatoms. The molecule has 3 aromatic rings. The van der Waals surface area contributed by atoms with E-state index in [0.29, 0.717) is 24.4 Å². The number of piperazine rings is 1. The molecule has 184 valence electrons. The number of hydrogen-bond donors (Lipinski definition) is 3. The second-order valence-electron chi connectivity index (χ2n) is 8.11. The van der Waals surface area contributed by atoms with Gasteiger partial charge in [0.15, 0.2) is 0 Å². The molecule has 3 N–H and O–H groups in total. The van der Waals surface area contributed by atoms with E-state index >= 15 is 0 Å². The molecule has 0 atom stereocenters. The Bertz CT molecular complexity index is 1150. The Labute approximate surface area is 203 Å². The van der Waals surface area contributed by atoms with E-state index in [4.69, 9.17) is 9.84 Å². The molecular weight excluding hydrogens is 451 g/mol. The Morgan fingerprint density at radius 3 is 2.66 bits per heavy atom. The summed E-state index contributed by atoms with van der Waals surface area (Å²) in [7, 11) is 0. The molecule has 35 heavy (non-hydrogen) atoms. The second kappa shape index (κ2) is 11.6. The molecule has 1 amide bonds. The summed E-state index contributed by atoms with van der Waals surface area (Å²) >= 11 is 0. The number of aliphatic hydroxyl groups excluding tert-OH is 1. The average Bonchev–Trinajstić information content (AvgIpc) is 2.87. The van der Waals surface area contributed by atoms with E-state index in [1.165, 1.54) is 0 Å². The monoisotopic (exact) mass is 480 g/mol. The smallest absolute Gasteiger partial charge is 0.260 e. The van der Waals surface area contributed by atoms with E-state index in [1.807, 2.05) is 24.3 Å². The van der Waals surface area contributed by atoms with E-state index in [2.05, 4.69) is 30.4 Å². The van der Waals surface area contributed by atoms with Gasteiger partial charge in [0.1, 0.15) is 5.75 Å². The Morgan fingerprint density at radius 1 is 1.11 bits per heavy atom. The van der Waals surface area contributed by atoms with Gasteiger partial charge in [0.2, 0.25) is 17.7 Å². The standard InChI is InChI=1S/C25H29FN6O3/c1-2-23(34)28-19-6-4-8-21(16-19)35-24-22(26)17-27-25(30-24)29-18-5-3-7-20(15-18)32-11-9-31(10-12-32)13-14-33/h3-8,15-17,33H,2,9-14H2,1H3,(H,28,34)(H,27,29,30). The van der Waals surface area contributed by atoms with E-state index in [1.54, 1.807) is 31.2 Å². The molecular formula is C25H29FN6O3. The van der Waals surface area contributed by atoms with E-state index in [0.717, 1.165) is 43.8 Å². The first-order valence-corrected chi connectivity index (χ1v) is 11.6. The molecule has 0 spiro atoms. The van der Waals surface area contributed by atoms with Crippen molar-refractivity contribution in [1.82, 2.24) is 14.9 Å². The number of β-amino-alcohol motifs (C(OH)–C–C–N with tert-alkyl or cyclic N) is 1. The molecule has 2 aromatic carbocycles. The Hall–Kier alpha value is -3.76. The zero-order chi connectivity index (χ0) is 24.6. The lowest BCUT2D eigenvalue weighted by atomic mass is 10.2. The topological polar surface area (TPSA) is 103 Å². The molecule has 1 saturated heterocycles. The number of nitrogens with one attached hydrogen (secondary N) is 2. The largest absolute Gasteiger partial charge is 0.436 e. The molecule has 1 aromatic heterocycles. The van der Waals surface area contributed by atoms with Gasteiger partial charge in [-0.05, 0) is 30.3 Å². The Balaban J connectivity index is 1.44. The maximum Gasteiger partial charge on any atom is 0.260 e. The fourth-order valence-corrected chi connectivity index (χ4v) is 3.76. The van der Waals surface area contributed by atoms with Gasteiger partial charge in [0, 0.05) is 62.3 Å². The average molecular weight is 481 g/mol. The van der Waals surface area contributed by atoms with Gasteiger partial charge < -0.3 is 25.4 Å². The normalized spacial score (nSPS) is 14.0. The van der Waals surface area contributed by atoms with Crippen LogP contribution >= 0.6 is 0 Å². The predicted molar refractivity (Wildman–Crippen MR) is 133 cm³/mol. The van der Waals surface area contributed by atoms with Crippen LogP contribution in [0.4, 0.5) is 27.4 Å². The van der Waals surface area contributed by atoms with Crippen molar-refractivity contribution in [2.75, 3.05) is 54.9 Å². The van der Waals surface area contributed by atoms with Gasteiger partial charge in [-0.25, -0.2) is 4.98 Å². The summed E-state index contributed by atoms with van der Waals surface area (Å²) in [5, 5.41) is 15.0. The van der Waals surface area contributed by atoms with Crippen molar-refractivity contribution in [3.8, 4) is 11.6 Å². The van der Waals surface area contributed by atoms with Gasteiger partial charge in [-0.2, -0.15) is 9.37 Å². The van der Waals surface area contributed by atoms with Crippen molar-refractivity contribution in [2.45, 2.75) is 13.3 Å². The molecule has 4 rings (SSSR count). The number of nitrogens with zero attached hydrogens (tertiary/aromatic N) is 4. The lowest BCUT2D eigenvalue weighted by molar-refractivity contribution is -0.115. The molecule has 0 unspecified atom stereocenters. The molecule has 1 aliphatic heterocycles. The lowest BCUT2D eigenvalue weighted by Crippen LogP contribution is -2.47. The van der Waals surface area contributed by atoms with Crippen molar-refractivity contribution in [3.63, 3.8) is 0 Å². The SMILES string of the molecule is CCC(=O)Nc1cccc(Oc2nc(Nc3cccc(N4CCN(CCO)CC4)c3)ncc2F)c1. The second-order valence-corrected chi connectivity index (χ2v) is 8.11. The number of rotatable bonds is 9. The maximum absolute atomic E-state index is 14.4. The third-order valence-electron chi connectivity index (χ3n) is 5.62. The number of halogens is 1. The van der Waals surface area contributed by atoms with Crippen molar-refractivity contribution in [2.24, 2.45) is 0 Å². The minimum atomic E-state index is -0.701. The van der Waals surface area contributed by atoms with Crippen LogP contribution < -0.4 is 20.3 Å². The van der Waals surface area contributed by atoms with Crippen LogP contribution in [-0.2, 0) is 4.79 Å². The fraction of sp³-hybridized carbons (Fsp3) is 0.320. The van der Waals surface area contributed by atoms with Crippen LogP contribution in [0.2, 0.25) is 0 Å². The first kappa shape index (κ1) is 24.4. The summed E-state index contributed by atoms with van der Waals surface area (Å²) in [5.41, 5.74) is 2.38. The number of carbonyl (C=O) groups excluding carboxylic acids is 1. The number of anilines is 4. The molecule has 1 aliphatic rings. The lowest BCUT2D eigenvalue weighted by Gasteiger charge is -2.35. The van der Waals surface area contributed by atoms with Crippen LogP contribution in [0.5, 0.6) is 11.6 Å². The van der Waals surface area contributed by atoms with Crippen LogP contribution in [0.1, 0.15) is 13.3 Å². The molecule has 9 nitrogen and oxygen atoms in total. The van der Waals surface area contributed by atoms with Crippen LogP contribution in [0.15, 0.2) is 54.7 Å². The quantitative estimate of drug-likeness (QED) is 0.427. The molecule has 0 saturated carbocycles. The minimum Gasteiger partial charge on any atom is -0.436 e. The van der Waals surface area contributed by atoms with Gasteiger partial charge in [-0.1, -0.05) is 19.1 Å². The van der Waals surface area contributed by atoms with Crippen LogP contribution in [0.3, 0.4) is 0 Å². The van der Waals surface area contributed by atoms with Gasteiger partial charge >= 0.3 is 0 Å². The molecule has 2 heterocycles. The van der Waals surface area contributed by atoms with Crippen molar-refractivity contribution in [1.29, 1.82) is 0 Å². The van der Waals surface area contributed by atoms with Crippen molar-refractivity contribution >= 4 is 28.9 Å². The predicted octanol–water partition coefficient (Wildman–Crippen LogP) is 3.61. The van der Waals surface area contributed by atoms with Gasteiger partial charge in [0.05, 0.1) is 12.8 Å². The highest BCUT2D eigenvalue weighted by Gasteiger charge is 2.17. The summed E-state index contributed by atoms with van der Waals surface area (Å²) < 4.78 is 20.0. The van der Waals surface area contributed by atoms with E-state index < -0.39 is 5.82 Å². The summed E-state index contributed by atoms with van der Waals surface area (Å²) in [4.78, 5) is 24.4. The summed E-state index contributed by atoms with van der Waals surface area (Å²) in [6, 6.07) is 14.5. The highest BCUT2D eigenvalue weighted by Crippen LogP contribution is 2.27. The summed E-state index contributed by atoms with van der Waals surface area (Å²) in [5.74, 6) is -0.520. The third kappa shape index (κ3) is 6.65. The van der Waals surface area contributed by atoms with E-state index in [9.17, 15) is 9.18 Å². The number of carbonyl (C=O) groups is 1. The molecule has 0 bridgehead atoms. The Morgan fingerprint density at radius 2 is 1.89 bits per heavy atom. The fourth-order valence-electron chi connectivity index (χ4n) is 3.76. The van der Waals surface area contributed by atoms with Gasteiger partial charge in [-0.3, -0.25) is 9.69 Å². The first-order chi connectivity index (χ1) is 17.0. The maximum atomic E-state index is 14.4. The highest BCUT2D eigenvalue weighted by molar-refractivity contribution is 5.90. The molecule has 1 fully saturated rings. The first-order valence-electron chi connectivity index (χ1n) is 11.6. The zero-order valence-corrected chi connectivity index (χ0v) is 19.6. The zero-order valence-electron chi connectivity index (χ0n) is 19.6. The van der Waals surface area contributed by atoms with Crippen LogP contribution in [0, 0.1) is 5.82 Å². The van der Waals surface area contributed by atoms with Crippen LogP contribution in [-0.4, -0.2) is 65.2 Å². The molecule has 0 radical (unpaired) electrons. The highest BCUT2D eigenvalue weighted by atomic mass is 19.1. The molecule has 0 aliphatic carbocycles. The number of benzene rings is 2.